The molecule has 22 heavy (non-hydrogen) atoms. The van der Waals surface area contributed by atoms with Gasteiger partial charge in [0.2, 0.25) is 0 Å². The summed E-state index contributed by atoms with van der Waals surface area (Å²) in [5.41, 5.74) is 0. The lowest BCUT2D eigenvalue weighted by Gasteiger charge is -2.23. The van der Waals surface area contributed by atoms with Crippen molar-refractivity contribution in [2.75, 3.05) is 26.2 Å². The monoisotopic (exact) mass is 309 g/mol. The van der Waals surface area contributed by atoms with Crippen LogP contribution in [-0.4, -0.2) is 43.2 Å². The highest BCUT2D eigenvalue weighted by Crippen LogP contribution is 2.17. The largest absolute Gasteiger partial charge is 0.338 e. The van der Waals surface area contributed by atoms with Crippen molar-refractivity contribution in [1.82, 2.24) is 15.5 Å². The Kier molecular flexibility index (Phi) is 8.69. The van der Waals surface area contributed by atoms with Gasteiger partial charge in [0.05, 0.1) is 0 Å². The van der Waals surface area contributed by atoms with Crippen molar-refractivity contribution in [3.05, 3.63) is 0 Å². The lowest BCUT2D eigenvalue weighted by atomic mass is 9.96. The summed E-state index contributed by atoms with van der Waals surface area (Å²) in [4.78, 5) is 14.4. The van der Waals surface area contributed by atoms with Gasteiger partial charge in [0.25, 0.3) is 0 Å². The Morgan fingerprint density at radius 2 is 1.55 bits per heavy atom. The van der Waals surface area contributed by atoms with Gasteiger partial charge in [-0.2, -0.15) is 0 Å². The Hall–Kier alpha value is -0.770. The van der Waals surface area contributed by atoms with Crippen molar-refractivity contribution in [2.45, 2.75) is 83.1 Å². The first kappa shape index (κ1) is 17.6. The summed E-state index contributed by atoms with van der Waals surface area (Å²) in [5.74, 6) is 0. The first-order valence-corrected chi connectivity index (χ1v) is 9.61. The first-order valence-electron chi connectivity index (χ1n) is 9.61. The molecule has 2 aliphatic rings. The minimum Gasteiger partial charge on any atom is -0.338 e. The van der Waals surface area contributed by atoms with E-state index in [1.807, 2.05) is 0 Å². The number of hydrogen-bond acceptors (Lipinski definition) is 2. The molecule has 0 aromatic carbocycles. The number of nitrogens with zero attached hydrogens (tertiary/aromatic N) is 1. The highest BCUT2D eigenvalue weighted by atomic mass is 16.2. The molecule has 0 bridgehead atoms. The molecular formula is C18H35N3O. The van der Waals surface area contributed by atoms with Crippen LogP contribution in [-0.2, 0) is 0 Å². The van der Waals surface area contributed by atoms with Gasteiger partial charge in [-0.1, -0.05) is 38.5 Å². The molecular weight excluding hydrogens is 274 g/mol. The van der Waals surface area contributed by atoms with Gasteiger partial charge in [-0.05, 0) is 58.2 Å². The van der Waals surface area contributed by atoms with Crippen LogP contribution in [0.25, 0.3) is 0 Å². The fourth-order valence-corrected chi connectivity index (χ4v) is 3.68. The number of likely N-dealkylation sites (tertiary alicyclic amines) is 1. The van der Waals surface area contributed by atoms with Crippen molar-refractivity contribution in [3.8, 4) is 0 Å². The van der Waals surface area contributed by atoms with E-state index in [-0.39, 0.29) is 6.03 Å². The Bertz CT molecular complexity index is 295. The average molecular weight is 309 g/mol. The third kappa shape index (κ3) is 7.48. The highest BCUT2D eigenvalue weighted by Gasteiger charge is 2.15. The van der Waals surface area contributed by atoms with E-state index in [0.717, 1.165) is 25.8 Å². The molecule has 1 aliphatic carbocycles. The van der Waals surface area contributed by atoms with Crippen molar-refractivity contribution in [3.63, 3.8) is 0 Å². The quantitative estimate of drug-likeness (QED) is 0.705. The lowest BCUT2D eigenvalue weighted by molar-refractivity contribution is 0.232. The Morgan fingerprint density at radius 3 is 2.27 bits per heavy atom. The van der Waals surface area contributed by atoms with Crippen LogP contribution >= 0.6 is 0 Å². The third-order valence-corrected chi connectivity index (χ3v) is 5.08. The molecule has 0 spiro atoms. The lowest BCUT2D eigenvalue weighted by Crippen LogP contribution is -2.43. The van der Waals surface area contributed by atoms with Gasteiger partial charge >= 0.3 is 6.03 Å². The zero-order valence-corrected chi connectivity index (χ0v) is 14.2. The number of unbranched alkanes of at least 4 members (excludes halogenated alkanes) is 2. The molecule has 2 fully saturated rings. The normalized spacial score (nSPS) is 21.3. The standard InChI is InChI=1S/C18H35N3O/c22-18(20-17-11-5-3-6-12-17)19-13-7-4-10-16-21-14-8-1-2-9-15-21/h17H,1-16H2,(H2,19,20,22). The molecule has 0 unspecified atom stereocenters. The van der Waals surface area contributed by atoms with Gasteiger partial charge in [0, 0.05) is 12.6 Å². The van der Waals surface area contributed by atoms with E-state index in [0.29, 0.717) is 6.04 Å². The van der Waals surface area contributed by atoms with Crippen LogP contribution < -0.4 is 10.6 Å². The van der Waals surface area contributed by atoms with Gasteiger partial charge in [0.1, 0.15) is 0 Å². The van der Waals surface area contributed by atoms with E-state index in [9.17, 15) is 4.79 Å². The fourth-order valence-electron chi connectivity index (χ4n) is 3.68. The molecule has 128 valence electrons. The van der Waals surface area contributed by atoms with Crippen LogP contribution in [0.3, 0.4) is 0 Å². The minimum absolute atomic E-state index is 0.0411. The van der Waals surface area contributed by atoms with Crippen LogP contribution in [0.15, 0.2) is 0 Å². The van der Waals surface area contributed by atoms with Crippen LogP contribution in [0.4, 0.5) is 4.79 Å². The molecule has 2 N–H and O–H groups in total. The van der Waals surface area contributed by atoms with E-state index < -0.39 is 0 Å². The average Bonchev–Trinajstić information content (AvgIpc) is 2.80. The fraction of sp³-hybridized carbons (Fsp3) is 0.944. The van der Waals surface area contributed by atoms with Crippen LogP contribution in [0.1, 0.15) is 77.0 Å². The van der Waals surface area contributed by atoms with Gasteiger partial charge in [-0.3, -0.25) is 0 Å². The molecule has 0 aromatic heterocycles. The van der Waals surface area contributed by atoms with Crippen molar-refractivity contribution >= 4 is 6.03 Å². The summed E-state index contributed by atoms with van der Waals surface area (Å²) < 4.78 is 0. The molecule has 0 radical (unpaired) electrons. The summed E-state index contributed by atoms with van der Waals surface area (Å²) >= 11 is 0. The topological polar surface area (TPSA) is 44.4 Å². The number of carbonyl (C=O) groups excluding carboxylic acids is 1. The number of rotatable bonds is 7. The number of nitrogens with one attached hydrogen (secondary N) is 2. The smallest absolute Gasteiger partial charge is 0.315 e. The second-order valence-corrected chi connectivity index (χ2v) is 7.05. The van der Waals surface area contributed by atoms with Crippen LogP contribution in [0.5, 0.6) is 0 Å². The molecule has 0 aromatic rings. The SMILES string of the molecule is O=C(NCCCCCN1CCCCCC1)NC1CCCCC1. The van der Waals surface area contributed by atoms with Gasteiger partial charge in [-0.25, -0.2) is 4.79 Å². The molecule has 4 nitrogen and oxygen atoms in total. The Morgan fingerprint density at radius 1 is 0.864 bits per heavy atom. The van der Waals surface area contributed by atoms with Gasteiger partial charge in [-0.15, -0.1) is 0 Å². The van der Waals surface area contributed by atoms with E-state index in [4.69, 9.17) is 0 Å². The number of hydrogen-bond donors (Lipinski definition) is 2. The zero-order chi connectivity index (χ0) is 15.5. The maximum atomic E-state index is 11.8. The van der Waals surface area contributed by atoms with Crippen molar-refractivity contribution in [1.29, 1.82) is 0 Å². The predicted molar refractivity (Wildman–Crippen MR) is 92.2 cm³/mol. The van der Waals surface area contributed by atoms with Crippen molar-refractivity contribution in [2.24, 2.45) is 0 Å². The maximum Gasteiger partial charge on any atom is 0.315 e. The number of carbonyl (C=O) groups is 1. The summed E-state index contributed by atoms with van der Waals surface area (Å²) in [6.07, 6.45) is 15.4. The molecule has 1 aliphatic heterocycles. The second kappa shape index (κ2) is 10.9. The Balaban J connectivity index is 1.42. The summed E-state index contributed by atoms with van der Waals surface area (Å²) in [5, 5.41) is 6.12. The molecule has 4 heteroatoms. The third-order valence-electron chi connectivity index (χ3n) is 5.08. The van der Waals surface area contributed by atoms with Gasteiger partial charge < -0.3 is 15.5 Å². The summed E-state index contributed by atoms with van der Waals surface area (Å²) in [6, 6.07) is 0.455. The van der Waals surface area contributed by atoms with Gasteiger partial charge in [0.15, 0.2) is 0 Å². The second-order valence-electron chi connectivity index (χ2n) is 7.05. The van der Waals surface area contributed by atoms with Crippen LogP contribution in [0.2, 0.25) is 0 Å². The molecule has 0 atom stereocenters. The molecule has 1 saturated carbocycles. The summed E-state index contributed by atoms with van der Waals surface area (Å²) in [7, 11) is 0. The minimum atomic E-state index is 0.0411. The number of amides is 2. The molecule has 1 heterocycles. The van der Waals surface area contributed by atoms with E-state index in [1.54, 1.807) is 0 Å². The van der Waals surface area contributed by atoms with Crippen LogP contribution in [0, 0.1) is 0 Å². The Labute approximate surface area is 136 Å². The van der Waals surface area contributed by atoms with E-state index in [1.165, 1.54) is 77.4 Å². The summed E-state index contributed by atoms with van der Waals surface area (Å²) in [6.45, 7) is 4.65. The predicted octanol–water partition coefficient (Wildman–Crippen LogP) is 3.66. The van der Waals surface area contributed by atoms with E-state index in [2.05, 4.69) is 15.5 Å². The molecule has 1 saturated heterocycles. The maximum absolute atomic E-state index is 11.8. The highest BCUT2D eigenvalue weighted by molar-refractivity contribution is 5.74. The van der Waals surface area contributed by atoms with E-state index >= 15 is 0 Å². The number of urea groups is 1. The zero-order valence-electron chi connectivity index (χ0n) is 14.2. The molecule has 2 rings (SSSR count). The molecule has 2 amide bonds. The van der Waals surface area contributed by atoms with Crippen molar-refractivity contribution < 1.29 is 4.79 Å². The first-order chi connectivity index (χ1) is 10.8.